The van der Waals surface area contributed by atoms with Crippen LogP contribution >= 0.6 is 8.58 Å². The van der Waals surface area contributed by atoms with E-state index in [2.05, 4.69) is 6.92 Å². The summed E-state index contributed by atoms with van der Waals surface area (Å²) in [6, 6.07) is 0. The minimum atomic E-state index is 1.10. The van der Waals surface area contributed by atoms with Crippen molar-refractivity contribution in [1.29, 1.82) is 0 Å². The summed E-state index contributed by atoms with van der Waals surface area (Å²) >= 11 is 0. The van der Waals surface area contributed by atoms with Crippen LogP contribution in [0.4, 0.5) is 0 Å². The molecule has 0 radical (unpaired) electrons. The maximum absolute atomic E-state index is 2.31. The van der Waals surface area contributed by atoms with Gasteiger partial charge in [-0.3, -0.25) is 0 Å². The van der Waals surface area contributed by atoms with Gasteiger partial charge in [0.25, 0.3) is 0 Å². The average Bonchev–Trinajstić information content (AvgIpc) is 2.59. The van der Waals surface area contributed by atoms with Gasteiger partial charge in [-0.05, 0) is 31.1 Å². The highest BCUT2D eigenvalue weighted by Crippen LogP contribution is 2.31. The van der Waals surface area contributed by atoms with E-state index in [0.29, 0.717) is 0 Å². The first-order valence-electron chi connectivity index (χ1n) is 10.7. The van der Waals surface area contributed by atoms with Gasteiger partial charge in [-0.1, -0.05) is 103 Å². The Morgan fingerprint density at radius 2 is 1.05 bits per heavy atom. The summed E-state index contributed by atoms with van der Waals surface area (Å²) in [5, 5.41) is 0. The third kappa shape index (κ3) is 12.9. The van der Waals surface area contributed by atoms with Crippen LogP contribution in [-0.4, -0.2) is 11.8 Å². The zero-order chi connectivity index (χ0) is 15.7. The number of rotatable bonds is 10. The highest BCUT2D eigenvalue weighted by atomic mass is 31.1. The minimum Gasteiger partial charge on any atom is -0.119 e. The lowest BCUT2D eigenvalue weighted by atomic mass is 10.1. The second-order valence-corrected chi connectivity index (χ2v) is 9.26. The van der Waals surface area contributed by atoms with Crippen molar-refractivity contribution in [3.8, 4) is 0 Å². The molecule has 0 bridgehead atoms. The lowest BCUT2D eigenvalue weighted by molar-refractivity contribution is 0.582. The molecule has 0 spiro atoms. The average molecular weight is 327 g/mol. The molecule has 0 N–H and O–H groups in total. The molecule has 1 heteroatoms. The van der Waals surface area contributed by atoms with E-state index in [1.54, 1.807) is 19.0 Å². The summed E-state index contributed by atoms with van der Waals surface area (Å²) in [4.78, 5) is 0. The van der Waals surface area contributed by atoms with E-state index in [9.17, 15) is 0 Å². The van der Waals surface area contributed by atoms with E-state index in [1.165, 1.54) is 111 Å². The third-order valence-electron chi connectivity index (χ3n) is 5.32. The summed E-state index contributed by atoms with van der Waals surface area (Å²) in [6.07, 6.45) is 28.5. The Bertz CT molecular complexity index is 202. The molecule has 0 aromatic heterocycles. The van der Waals surface area contributed by atoms with Gasteiger partial charge in [0.2, 0.25) is 0 Å². The van der Waals surface area contributed by atoms with Crippen LogP contribution in [-0.2, 0) is 0 Å². The Morgan fingerprint density at radius 1 is 0.591 bits per heavy atom. The maximum atomic E-state index is 2.31. The van der Waals surface area contributed by atoms with Crippen molar-refractivity contribution in [2.24, 2.45) is 0 Å². The molecule has 0 aromatic rings. The van der Waals surface area contributed by atoms with Gasteiger partial charge in [0.1, 0.15) is 0 Å². The lowest BCUT2D eigenvalue weighted by Gasteiger charge is -2.16. The molecule has 1 rings (SSSR count). The van der Waals surface area contributed by atoms with Crippen molar-refractivity contribution in [2.45, 2.75) is 128 Å². The Labute approximate surface area is 143 Å². The van der Waals surface area contributed by atoms with Crippen molar-refractivity contribution in [2.75, 3.05) is 6.16 Å². The molecule has 1 fully saturated rings. The molecule has 1 aliphatic carbocycles. The van der Waals surface area contributed by atoms with Crippen molar-refractivity contribution in [1.82, 2.24) is 0 Å². The van der Waals surface area contributed by atoms with Crippen LogP contribution in [0.5, 0.6) is 0 Å². The zero-order valence-corrected chi connectivity index (χ0v) is 16.5. The Balaban J connectivity index is 1.96. The van der Waals surface area contributed by atoms with Crippen molar-refractivity contribution < 1.29 is 0 Å². The van der Waals surface area contributed by atoms with Gasteiger partial charge >= 0.3 is 0 Å². The molecule has 0 aliphatic heterocycles. The number of hydrogen-bond donors (Lipinski definition) is 0. The summed E-state index contributed by atoms with van der Waals surface area (Å²) < 4.78 is 0. The quantitative estimate of drug-likeness (QED) is 0.281. The topological polar surface area (TPSA) is 0 Å². The zero-order valence-electron chi connectivity index (χ0n) is 15.5. The normalized spacial score (nSPS) is 19.5. The first-order valence-corrected chi connectivity index (χ1v) is 12.0. The monoisotopic (exact) mass is 326 g/mol. The van der Waals surface area contributed by atoms with Gasteiger partial charge < -0.3 is 0 Å². The molecule has 132 valence electrons. The molecule has 0 saturated heterocycles. The standard InChI is InChI=1S/C21H43P/c1-2-3-4-5-6-11-14-17-20-22-21-18-15-12-9-7-8-10-13-16-19-21/h21-22H,2-20H2,1H3. The summed E-state index contributed by atoms with van der Waals surface area (Å²) in [5.74, 6) is 0. The first-order chi connectivity index (χ1) is 10.9. The molecule has 0 nitrogen and oxygen atoms in total. The second kappa shape index (κ2) is 16.3. The molecule has 1 aliphatic rings. The predicted molar refractivity (Wildman–Crippen MR) is 106 cm³/mol. The van der Waals surface area contributed by atoms with E-state index in [0.717, 1.165) is 5.66 Å². The Kier molecular flexibility index (Phi) is 15.2. The fourth-order valence-corrected chi connectivity index (χ4v) is 5.43. The Hall–Kier alpha value is 0.430. The first kappa shape index (κ1) is 20.5. The molecule has 0 amide bonds. The van der Waals surface area contributed by atoms with Crippen LogP contribution in [0, 0.1) is 0 Å². The van der Waals surface area contributed by atoms with Crippen LogP contribution in [0.1, 0.15) is 122 Å². The molecule has 0 heterocycles. The molecular weight excluding hydrogens is 283 g/mol. The van der Waals surface area contributed by atoms with Crippen molar-refractivity contribution >= 4 is 8.58 Å². The SMILES string of the molecule is CCCCCCCCCCPC1CCCCCCCCCC1. The molecule has 1 unspecified atom stereocenters. The third-order valence-corrected chi connectivity index (χ3v) is 7.12. The van der Waals surface area contributed by atoms with E-state index in [-0.39, 0.29) is 0 Å². The summed E-state index contributed by atoms with van der Waals surface area (Å²) in [6.45, 7) is 2.31. The highest BCUT2D eigenvalue weighted by Gasteiger charge is 2.09. The molecule has 1 atom stereocenters. The van der Waals surface area contributed by atoms with Crippen LogP contribution in [0.2, 0.25) is 0 Å². The number of unbranched alkanes of at least 4 members (excludes halogenated alkanes) is 7. The fourth-order valence-electron chi connectivity index (χ4n) is 3.76. The van der Waals surface area contributed by atoms with Gasteiger partial charge in [0, 0.05) is 0 Å². The van der Waals surface area contributed by atoms with E-state index in [4.69, 9.17) is 0 Å². The van der Waals surface area contributed by atoms with E-state index >= 15 is 0 Å². The molecule has 1 saturated carbocycles. The molecule has 0 aromatic carbocycles. The van der Waals surface area contributed by atoms with Gasteiger partial charge in [-0.15, -0.1) is 8.58 Å². The van der Waals surface area contributed by atoms with Crippen LogP contribution in [0.15, 0.2) is 0 Å². The smallest absolute Gasteiger partial charge is 0.0237 e. The van der Waals surface area contributed by atoms with Gasteiger partial charge in [0.05, 0.1) is 0 Å². The predicted octanol–water partition coefficient (Wildman–Crippen LogP) is 8.09. The van der Waals surface area contributed by atoms with Crippen LogP contribution in [0.25, 0.3) is 0 Å². The molecular formula is C21H43P. The van der Waals surface area contributed by atoms with E-state index in [1.807, 2.05) is 0 Å². The molecule has 22 heavy (non-hydrogen) atoms. The minimum absolute atomic E-state index is 1.10. The van der Waals surface area contributed by atoms with E-state index < -0.39 is 0 Å². The van der Waals surface area contributed by atoms with Gasteiger partial charge in [-0.25, -0.2) is 0 Å². The summed E-state index contributed by atoms with van der Waals surface area (Å²) in [5.41, 5.74) is 1.10. The van der Waals surface area contributed by atoms with Crippen molar-refractivity contribution in [3.05, 3.63) is 0 Å². The van der Waals surface area contributed by atoms with Gasteiger partial charge in [0.15, 0.2) is 0 Å². The van der Waals surface area contributed by atoms with Crippen LogP contribution < -0.4 is 0 Å². The van der Waals surface area contributed by atoms with Gasteiger partial charge in [-0.2, -0.15) is 0 Å². The highest BCUT2D eigenvalue weighted by molar-refractivity contribution is 7.38. The second-order valence-electron chi connectivity index (χ2n) is 7.53. The summed E-state index contributed by atoms with van der Waals surface area (Å²) in [7, 11) is 1.28. The lowest BCUT2D eigenvalue weighted by Crippen LogP contribution is -2.02. The number of hydrogen-bond acceptors (Lipinski definition) is 0. The fraction of sp³-hybridized carbons (Fsp3) is 1.00. The largest absolute Gasteiger partial charge is 0.119 e. The van der Waals surface area contributed by atoms with Crippen LogP contribution in [0.3, 0.4) is 0 Å². The maximum Gasteiger partial charge on any atom is -0.0237 e. The Morgan fingerprint density at radius 3 is 1.59 bits per heavy atom. The van der Waals surface area contributed by atoms with Crippen molar-refractivity contribution in [3.63, 3.8) is 0 Å².